The van der Waals surface area contributed by atoms with Crippen molar-refractivity contribution in [2.75, 3.05) is 6.54 Å². The van der Waals surface area contributed by atoms with Crippen LogP contribution in [0.5, 0.6) is 0 Å². The summed E-state index contributed by atoms with van der Waals surface area (Å²) < 4.78 is 0. The third-order valence-corrected chi connectivity index (χ3v) is 3.01. The molecule has 0 atom stereocenters. The highest BCUT2D eigenvalue weighted by Gasteiger charge is 2.24. The number of hydrogen-bond acceptors (Lipinski definition) is 3. The molecule has 1 amide bonds. The molecule has 0 saturated carbocycles. The largest absolute Gasteiger partial charge is 0.338 e. The third kappa shape index (κ3) is 2.38. The van der Waals surface area contributed by atoms with Crippen LogP contribution in [0.2, 0.25) is 0 Å². The Balaban J connectivity index is 2.12. The lowest BCUT2D eigenvalue weighted by Gasteiger charge is -2.27. The topological polar surface area (TPSA) is 66.1 Å². The zero-order valence-electron chi connectivity index (χ0n) is 10.2. The SMILES string of the molecule is CC(C)CC(=O)N1CCc2[nH]nc(C=O)c2C1. The summed E-state index contributed by atoms with van der Waals surface area (Å²) in [5, 5.41) is 6.80. The van der Waals surface area contributed by atoms with Crippen LogP contribution in [0.15, 0.2) is 0 Å². The van der Waals surface area contributed by atoms with E-state index in [1.807, 2.05) is 18.7 Å². The molecule has 0 spiro atoms. The molecule has 2 heterocycles. The average molecular weight is 235 g/mol. The summed E-state index contributed by atoms with van der Waals surface area (Å²) in [6, 6.07) is 0. The maximum atomic E-state index is 11.9. The predicted octanol–water partition coefficient (Wildman–Crippen LogP) is 1.15. The molecular weight excluding hydrogens is 218 g/mol. The van der Waals surface area contributed by atoms with Crippen molar-refractivity contribution < 1.29 is 9.59 Å². The van der Waals surface area contributed by atoms with Crippen molar-refractivity contribution in [3.05, 3.63) is 17.0 Å². The van der Waals surface area contributed by atoms with Gasteiger partial charge in [-0.3, -0.25) is 14.7 Å². The van der Waals surface area contributed by atoms with Gasteiger partial charge in [0.2, 0.25) is 5.91 Å². The first-order valence-corrected chi connectivity index (χ1v) is 5.91. The van der Waals surface area contributed by atoms with Gasteiger partial charge in [-0.25, -0.2) is 0 Å². The van der Waals surface area contributed by atoms with E-state index in [1.54, 1.807) is 0 Å². The molecule has 0 aromatic carbocycles. The molecule has 1 aliphatic rings. The van der Waals surface area contributed by atoms with Crippen LogP contribution < -0.4 is 0 Å². The number of hydrogen-bond donors (Lipinski definition) is 1. The van der Waals surface area contributed by atoms with Gasteiger partial charge in [0.15, 0.2) is 6.29 Å². The number of rotatable bonds is 3. The summed E-state index contributed by atoms with van der Waals surface area (Å²) in [5.74, 6) is 0.516. The highest BCUT2D eigenvalue weighted by Crippen LogP contribution is 2.20. The lowest BCUT2D eigenvalue weighted by molar-refractivity contribution is -0.132. The van der Waals surface area contributed by atoms with Gasteiger partial charge in [0.1, 0.15) is 5.69 Å². The van der Waals surface area contributed by atoms with E-state index < -0.39 is 0 Å². The second-order valence-corrected chi connectivity index (χ2v) is 4.85. The van der Waals surface area contributed by atoms with Crippen molar-refractivity contribution in [1.29, 1.82) is 0 Å². The number of carbonyl (C=O) groups excluding carboxylic acids is 2. The van der Waals surface area contributed by atoms with Gasteiger partial charge in [-0.2, -0.15) is 5.10 Å². The quantitative estimate of drug-likeness (QED) is 0.799. The Morgan fingerprint density at radius 3 is 3.00 bits per heavy atom. The summed E-state index contributed by atoms with van der Waals surface area (Å²) >= 11 is 0. The normalized spacial score (nSPS) is 14.9. The summed E-state index contributed by atoms with van der Waals surface area (Å²) in [4.78, 5) is 24.6. The van der Waals surface area contributed by atoms with E-state index in [-0.39, 0.29) is 5.91 Å². The molecule has 5 nitrogen and oxygen atoms in total. The van der Waals surface area contributed by atoms with Gasteiger partial charge >= 0.3 is 0 Å². The van der Waals surface area contributed by atoms with Crippen molar-refractivity contribution in [3.8, 4) is 0 Å². The molecular formula is C12H17N3O2. The molecule has 0 bridgehead atoms. The number of aldehydes is 1. The van der Waals surface area contributed by atoms with Gasteiger partial charge in [-0.1, -0.05) is 13.8 Å². The lowest BCUT2D eigenvalue weighted by atomic mass is 10.0. The zero-order chi connectivity index (χ0) is 12.4. The first kappa shape index (κ1) is 11.8. The van der Waals surface area contributed by atoms with E-state index in [0.717, 1.165) is 24.0 Å². The van der Waals surface area contributed by atoms with Crippen LogP contribution in [0, 0.1) is 5.92 Å². The van der Waals surface area contributed by atoms with Crippen LogP contribution in [-0.4, -0.2) is 33.8 Å². The van der Waals surface area contributed by atoms with E-state index in [2.05, 4.69) is 10.2 Å². The smallest absolute Gasteiger partial charge is 0.223 e. The number of fused-ring (bicyclic) bond motifs is 1. The fraction of sp³-hybridized carbons (Fsp3) is 0.583. The molecule has 0 aliphatic carbocycles. The predicted molar refractivity (Wildman–Crippen MR) is 62.6 cm³/mol. The second kappa shape index (κ2) is 4.69. The highest BCUT2D eigenvalue weighted by molar-refractivity contribution is 5.78. The standard InChI is InChI=1S/C12H17N3O2/c1-8(2)5-12(17)15-4-3-10-9(6-15)11(7-16)14-13-10/h7-8H,3-6H2,1-2H3,(H,13,14). The molecule has 1 aliphatic heterocycles. The lowest BCUT2D eigenvalue weighted by Crippen LogP contribution is -2.36. The Morgan fingerprint density at radius 2 is 2.35 bits per heavy atom. The van der Waals surface area contributed by atoms with Crippen LogP contribution in [-0.2, 0) is 17.8 Å². The molecule has 0 unspecified atom stereocenters. The van der Waals surface area contributed by atoms with E-state index in [0.29, 0.717) is 31.1 Å². The van der Waals surface area contributed by atoms with Gasteiger partial charge in [-0.05, 0) is 5.92 Å². The van der Waals surface area contributed by atoms with Crippen LogP contribution >= 0.6 is 0 Å². The summed E-state index contributed by atoms with van der Waals surface area (Å²) in [5.41, 5.74) is 2.30. The van der Waals surface area contributed by atoms with Gasteiger partial charge in [0.25, 0.3) is 0 Å². The Hall–Kier alpha value is -1.65. The number of nitrogens with one attached hydrogen (secondary N) is 1. The van der Waals surface area contributed by atoms with Crippen LogP contribution in [0.4, 0.5) is 0 Å². The maximum Gasteiger partial charge on any atom is 0.223 e. The van der Waals surface area contributed by atoms with Gasteiger partial charge < -0.3 is 4.90 Å². The molecule has 5 heteroatoms. The van der Waals surface area contributed by atoms with Crippen LogP contribution in [0.3, 0.4) is 0 Å². The Labute approximate surface area is 100 Å². The van der Waals surface area contributed by atoms with Crippen LogP contribution in [0.25, 0.3) is 0 Å². The molecule has 0 saturated heterocycles. The highest BCUT2D eigenvalue weighted by atomic mass is 16.2. The van der Waals surface area contributed by atoms with E-state index >= 15 is 0 Å². The monoisotopic (exact) mass is 235 g/mol. The number of carbonyl (C=O) groups is 2. The van der Waals surface area contributed by atoms with Gasteiger partial charge in [0.05, 0.1) is 0 Å². The van der Waals surface area contributed by atoms with Crippen molar-refractivity contribution >= 4 is 12.2 Å². The molecule has 2 rings (SSSR count). The number of H-pyrrole nitrogens is 1. The molecule has 17 heavy (non-hydrogen) atoms. The van der Waals surface area contributed by atoms with Crippen molar-refractivity contribution in [2.45, 2.75) is 33.2 Å². The minimum absolute atomic E-state index is 0.156. The van der Waals surface area contributed by atoms with Gasteiger partial charge in [-0.15, -0.1) is 0 Å². The van der Waals surface area contributed by atoms with Crippen molar-refractivity contribution in [1.82, 2.24) is 15.1 Å². The Bertz CT molecular complexity index is 437. The molecule has 1 aromatic rings. The Kier molecular flexibility index (Phi) is 3.26. The molecule has 1 aromatic heterocycles. The molecule has 0 fully saturated rings. The van der Waals surface area contributed by atoms with E-state index in [4.69, 9.17) is 0 Å². The number of aromatic amines is 1. The minimum atomic E-state index is 0.156. The second-order valence-electron chi connectivity index (χ2n) is 4.85. The fourth-order valence-electron chi connectivity index (χ4n) is 2.11. The number of amides is 1. The molecule has 1 N–H and O–H groups in total. The Morgan fingerprint density at radius 1 is 1.59 bits per heavy atom. The number of aromatic nitrogens is 2. The minimum Gasteiger partial charge on any atom is -0.338 e. The third-order valence-electron chi connectivity index (χ3n) is 3.01. The summed E-state index contributed by atoms with van der Waals surface area (Å²) in [7, 11) is 0. The first-order valence-electron chi connectivity index (χ1n) is 5.91. The summed E-state index contributed by atoms with van der Waals surface area (Å²) in [6.07, 6.45) is 2.05. The van der Waals surface area contributed by atoms with E-state index in [9.17, 15) is 9.59 Å². The van der Waals surface area contributed by atoms with Crippen LogP contribution in [0.1, 0.15) is 42.0 Å². The maximum absolute atomic E-state index is 11.9. The summed E-state index contributed by atoms with van der Waals surface area (Å²) in [6.45, 7) is 5.27. The van der Waals surface area contributed by atoms with Gasteiger partial charge in [0, 0.05) is 37.2 Å². The van der Waals surface area contributed by atoms with E-state index in [1.165, 1.54) is 0 Å². The molecule has 0 radical (unpaired) electrons. The van der Waals surface area contributed by atoms with Crippen molar-refractivity contribution in [3.63, 3.8) is 0 Å². The molecule has 92 valence electrons. The number of nitrogens with zero attached hydrogens (tertiary/aromatic N) is 2. The van der Waals surface area contributed by atoms with Crippen molar-refractivity contribution in [2.24, 2.45) is 5.92 Å². The zero-order valence-corrected chi connectivity index (χ0v) is 10.2. The average Bonchev–Trinajstić information content (AvgIpc) is 2.69. The fourth-order valence-corrected chi connectivity index (χ4v) is 2.11. The first-order chi connectivity index (χ1) is 8.11.